The Morgan fingerprint density at radius 3 is 2.67 bits per heavy atom. The van der Waals surface area contributed by atoms with Crippen molar-refractivity contribution in [3.8, 4) is 6.07 Å². The number of aliphatic hydroxyl groups excluding tert-OH is 2. The van der Waals surface area contributed by atoms with Gasteiger partial charge in [-0.3, -0.25) is 0 Å². The van der Waals surface area contributed by atoms with Crippen molar-refractivity contribution in [2.45, 2.75) is 18.6 Å². The van der Waals surface area contributed by atoms with Crippen molar-refractivity contribution in [1.82, 2.24) is 4.98 Å². The fraction of sp³-hybridized carbons (Fsp3) is 0.400. The maximum atomic E-state index is 9.69. The summed E-state index contributed by atoms with van der Waals surface area (Å²) in [7, 11) is 0. The number of aromatic nitrogens is 1. The Morgan fingerprint density at radius 2 is 2.20 bits per heavy atom. The molecule has 2 atom stereocenters. The predicted molar refractivity (Wildman–Crippen MR) is 58.3 cm³/mol. The van der Waals surface area contributed by atoms with E-state index in [4.69, 9.17) is 5.26 Å². The highest BCUT2D eigenvalue weighted by Gasteiger charge is 2.17. The van der Waals surface area contributed by atoms with Gasteiger partial charge in [-0.15, -0.1) is 0 Å². The third kappa shape index (κ3) is 3.27. The van der Waals surface area contributed by atoms with Crippen molar-refractivity contribution in [2.24, 2.45) is 0 Å². The van der Waals surface area contributed by atoms with Crippen LogP contribution in [0.4, 0.5) is 0 Å². The first-order valence-electron chi connectivity index (χ1n) is 4.47. The maximum absolute atomic E-state index is 9.69. The number of halogens is 1. The van der Waals surface area contributed by atoms with Crippen LogP contribution < -0.4 is 0 Å². The molecule has 80 valence electrons. The van der Waals surface area contributed by atoms with Crippen LogP contribution in [0, 0.1) is 11.3 Å². The van der Waals surface area contributed by atoms with Crippen molar-refractivity contribution in [3.05, 3.63) is 29.6 Å². The molecule has 0 radical (unpaired) electrons. The van der Waals surface area contributed by atoms with Gasteiger partial charge in [0.05, 0.1) is 6.10 Å². The molecule has 0 aromatic carbocycles. The second-order valence-electron chi connectivity index (χ2n) is 3.08. The van der Waals surface area contributed by atoms with Crippen LogP contribution in [0.3, 0.4) is 0 Å². The van der Waals surface area contributed by atoms with E-state index in [1.807, 2.05) is 6.07 Å². The molecule has 1 aromatic rings. The fourth-order valence-corrected chi connectivity index (χ4v) is 1.61. The number of alkyl halides is 1. The van der Waals surface area contributed by atoms with Gasteiger partial charge in [-0.25, -0.2) is 4.98 Å². The van der Waals surface area contributed by atoms with Gasteiger partial charge < -0.3 is 10.2 Å². The van der Waals surface area contributed by atoms with Gasteiger partial charge in [0, 0.05) is 17.1 Å². The molecule has 2 unspecified atom stereocenters. The molecule has 0 bridgehead atoms. The van der Waals surface area contributed by atoms with Crippen molar-refractivity contribution < 1.29 is 10.2 Å². The van der Waals surface area contributed by atoms with Gasteiger partial charge in [-0.2, -0.15) is 5.26 Å². The molecule has 0 fully saturated rings. The lowest BCUT2D eigenvalue weighted by atomic mass is 10.0. The van der Waals surface area contributed by atoms with E-state index in [0.29, 0.717) is 23.0 Å². The van der Waals surface area contributed by atoms with E-state index in [9.17, 15) is 10.2 Å². The van der Waals surface area contributed by atoms with Crippen LogP contribution in [0.15, 0.2) is 18.3 Å². The third-order valence-corrected chi connectivity index (χ3v) is 2.47. The van der Waals surface area contributed by atoms with Crippen molar-refractivity contribution >= 4 is 15.9 Å². The number of aliphatic hydroxyl groups is 2. The van der Waals surface area contributed by atoms with Gasteiger partial charge in [0.15, 0.2) is 0 Å². The number of pyridine rings is 1. The van der Waals surface area contributed by atoms with Gasteiger partial charge in [0.25, 0.3) is 0 Å². The predicted octanol–water partition coefficient (Wildman–Crippen LogP) is 1.13. The molecule has 0 aliphatic carbocycles. The molecular formula is C10H11BrN2O2. The molecule has 5 heteroatoms. The number of hydrogen-bond acceptors (Lipinski definition) is 4. The fourth-order valence-electron chi connectivity index (χ4n) is 1.14. The van der Waals surface area contributed by atoms with Gasteiger partial charge in [-0.1, -0.05) is 22.0 Å². The standard InChI is InChI=1S/C10H11BrN2O2/c11-4-3-9(14)10(15)7-1-2-8(5-12)13-6-7/h1-2,6,9-10,14-15H,3-4H2. The molecule has 2 N–H and O–H groups in total. The second-order valence-corrected chi connectivity index (χ2v) is 3.87. The molecule has 1 aromatic heterocycles. The summed E-state index contributed by atoms with van der Waals surface area (Å²) in [5, 5.41) is 28.4. The van der Waals surface area contributed by atoms with Crippen LogP contribution in [-0.4, -0.2) is 26.6 Å². The van der Waals surface area contributed by atoms with E-state index in [1.165, 1.54) is 12.3 Å². The molecule has 0 saturated heterocycles. The number of rotatable bonds is 4. The number of nitrogens with zero attached hydrogens (tertiary/aromatic N) is 2. The van der Waals surface area contributed by atoms with Crippen LogP contribution in [0.25, 0.3) is 0 Å². The molecule has 4 nitrogen and oxygen atoms in total. The molecule has 0 amide bonds. The largest absolute Gasteiger partial charge is 0.390 e. The van der Waals surface area contributed by atoms with Crippen molar-refractivity contribution in [2.75, 3.05) is 5.33 Å². The Bertz CT molecular complexity index is 347. The smallest absolute Gasteiger partial charge is 0.140 e. The Kier molecular flexibility index (Phi) is 4.69. The first-order chi connectivity index (χ1) is 7.19. The van der Waals surface area contributed by atoms with E-state index >= 15 is 0 Å². The molecule has 1 heterocycles. The molecule has 15 heavy (non-hydrogen) atoms. The highest BCUT2D eigenvalue weighted by atomic mass is 79.9. The Morgan fingerprint density at radius 1 is 1.47 bits per heavy atom. The number of nitriles is 1. The topological polar surface area (TPSA) is 77.1 Å². The Hall–Kier alpha value is -0.960. The van der Waals surface area contributed by atoms with Gasteiger partial charge >= 0.3 is 0 Å². The SMILES string of the molecule is N#Cc1ccc(C(O)C(O)CCBr)cn1. The molecular weight excluding hydrogens is 260 g/mol. The highest BCUT2D eigenvalue weighted by Crippen LogP contribution is 2.18. The zero-order chi connectivity index (χ0) is 11.3. The van der Waals surface area contributed by atoms with E-state index < -0.39 is 12.2 Å². The lowest BCUT2D eigenvalue weighted by molar-refractivity contribution is 0.0171. The lowest BCUT2D eigenvalue weighted by Crippen LogP contribution is -2.18. The zero-order valence-corrected chi connectivity index (χ0v) is 9.55. The zero-order valence-electron chi connectivity index (χ0n) is 7.97. The van der Waals surface area contributed by atoms with E-state index in [2.05, 4.69) is 20.9 Å². The normalized spacial score (nSPS) is 14.3. The molecule has 0 spiro atoms. The minimum absolute atomic E-state index is 0.293. The summed E-state index contributed by atoms with van der Waals surface area (Å²) in [6, 6.07) is 4.99. The average Bonchev–Trinajstić information content (AvgIpc) is 2.28. The summed E-state index contributed by atoms with van der Waals surface area (Å²) in [6.45, 7) is 0. The van der Waals surface area contributed by atoms with Gasteiger partial charge in [0.2, 0.25) is 0 Å². The highest BCUT2D eigenvalue weighted by molar-refractivity contribution is 9.09. The Balaban J connectivity index is 2.74. The minimum Gasteiger partial charge on any atom is -0.390 e. The van der Waals surface area contributed by atoms with Crippen LogP contribution in [0.2, 0.25) is 0 Å². The first kappa shape index (κ1) is 12.1. The van der Waals surface area contributed by atoms with E-state index in [1.54, 1.807) is 6.07 Å². The van der Waals surface area contributed by atoms with Crippen LogP contribution in [0.5, 0.6) is 0 Å². The van der Waals surface area contributed by atoms with Crippen LogP contribution in [0.1, 0.15) is 23.8 Å². The Labute approximate surface area is 96.3 Å². The summed E-state index contributed by atoms with van der Waals surface area (Å²) in [4.78, 5) is 3.82. The summed E-state index contributed by atoms with van der Waals surface area (Å²) >= 11 is 3.18. The van der Waals surface area contributed by atoms with Gasteiger partial charge in [0.1, 0.15) is 17.9 Å². The first-order valence-corrected chi connectivity index (χ1v) is 5.59. The molecule has 1 rings (SSSR count). The average molecular weight is 271 g/mol. The summed E-state index contributed by atoms with van der Waals surface area (Å²) in [5.74, 6) is 0. The van der Waals surface area contributed by atoms with Crippen molar-refractivity contribution in [1.29, 1.82) is 5.26 Å². The summed E-state index contributed by atoms with van der Waals surface area (Å²) in [6.07, 6.45) is 0.0869. The maximum Gasteiger partial charge on any atom is 0.140 e. The molecule has 0 saturated carbocycles. The second kappa shape index (κ2) is 5.81. The molecule has 0 aliphatic rings. The van der Waals surface area contributed by atoms with Crippen LogP contribution >= 0.6 is 15.9 Å². The van der Waals surface area contributed by atoms with E-state index in [0.717, 1.165) is 0 Å². The quantitative estimate of drug-likeness (QED) is 0.805. The molecule has 0 aliphatic heterocycles. The van der Waals surface area contributed by atoms with Crippen molar-refractivity contribution in [3.63, 3.8) is 0 Å². The van der Waals surface area contributed by atoms with Gasteiger partial charge in [-0.05, 0) is 12.5 Å². The lowest BCUT2D eigenvalue weighted by Gasteiger charge is -2.16. The monoisotopic (exact) mass is 270 g/mol. The minimum atomic E-state index is -0.956. The summed E-state index contributed by atoms with van der Waals surface area (Å²) < 4.78 is 0. The third-order valence-electron chi connectivity index (χ3n) is 2.01. The number of hydrogen-bond donors (Lipinski definition) is 2. The van der Waals surface area contributed by atoms with Crippen LogP contribution in [-0.2, 0) is 0 Å². The summed E-state index contributed by atoms with van der Waals surface area (Å²) in [5.41, 5.74) is 0.809. The van der Waals surface area contributed by atoms with E-state index in [-0.39, 0.29) is 0 Å².